The molecule has 0 bridgehead atoms. The van der Waals surface area contributed by atoms with Gasteiger partial charge in [-0.1, -0.05) is 20.8 Å². The van der Waals surface area contributed by atoms with Gasteiger partial charge in [-0.15, -0.1) is 0 Å². The van der Waals surface area contributed by atoms with Crippen molar-refractivity contribution in [3.8, 4) is 0 Å². The number of esters is 1. The molecule has 1 atom stereocenters. The highest BCUT2D eigenvalue weighted by molar-refractivity contribution is 5.78. The summed E-state index contributed by atoms with van der Waals surface area (Å²) >= 11 is 0. The molecule has 4 heteroatoms. The lowest BCUT2D eigenvalue weighted by Gasteiger charge is -2.34. The van der Waals surface area contributed by atoms with Gasteiger partial charge in [-0.2, -0.15) is 0 Å². The molecule has 0 radical (unpaired) electrons. The topological polar surface area (TPSA) is 63.6 Å². The minimum Gasteiger partial charge on any atom is -0.481 e. The van der Waals surface area contributed by atoms with Gasteiger partial charge in [0.15, 0.2) is 0 Å². The third-order valence-corrected chi connectivity index (χ3v) is 4.14. The number of carboxylic acid groups (broad SMARTS) is 1. The second kappa shape index (κ2) is 6.92. The van der Waals surface area contributed by atoms with Gasteiger partial charge in [0.1, 0.15) is 0 Å². The second-order valence-electron chi connectivity index (χ2n) is 6.56. The molecule has 0 aromatic rings. The van der Waals surface area contributed by atoms with E-state index < -0.39 is 17.9 Å². The summed E-state index contributed by atoms with van der Waals surface area (Å²) in [5.41, 5.74) is 0.462. The molecule has 0 aromatic heterocycles. The average molecular weight is 270 g/mol. The first kappa shape index (κ1) is 16.0. The summed E-state index contributed by atoms with van der Waals surface area (Å²) in [5.74, 6) is -1.36. The first-order chi connectivity index (χ1) is 8.80. The van der Waals surface area contributed by atoms with Crippen LogP contribution in [-0.2, 0) is 14.3 Å². The fourth-order valence-electron chi connectivity index (χ4n) is 2.48. The quantitative estimate of drug-likeness (QED) is 0.752. The van der Waals surface area contributed by atoms with E-state index in [0.717, 1.165) is 6.42 Å². The molecule has 0 aromatic carbocycles. The maximum Gasteiger partial charge on any atom is 0.306 e. The third-order valence-electron chi connectivity index (χ3n) is 4.14. The van der Waals surface area contributed by atoms with Crippen molar-refractivity contribution in [3.63, 3.8) is 0 Å². The molecule has 0 amide bonds. The number of hydrogen-bond donors (Lipinski definition) is 1. The molecule has 1 unspecified atom stereocenters. The highest BCUT2D eigenvalue weighted by Crippen LogP contribution is 2.39. The molecule has 0 aliphatic heterocycles. The Bertz CT molecular complexity index is 312. The smallest absolute Gasteiger partial charge is 0.306 e. The summed E-state index contributed by atoms with van der Waals surface area (Å²) in [6, 6.07) is 0. The van der Waals surface area contributed by atoms with Crippen LogP contribution in [0.25, 0.3) is 0 Å². The van der Waals surface area contributed by atoms with Crippen LogP contribution in [0, 0.1) is 17.3 Å². The zero-order valence-electron chi connectivity index (χ0n) is 12.3. The number of carbonyl (C=O) groups excluding carboxylic acids is 1. The van der Waals surface area contributed by atoms with Crippen molar-refractivity contribution < 1.29 is 19.4 Å². The molecular formula is C15H26O4. The van der Waals surface area contributed by atoms with Gasteiger partial charge in [-0.25, -0.2) is 0 Å². The van der Waals surface area contributed by atoms with E-state index in [-0.39, 0.29) is 6.42 Å². The molecule has 1 saturated carbocycles. The van der Waals surface area contributed by atoms with Crippen LogP contribution in [0.5, 0.6) is 0 Å². The standard InChI is InChI=1S/C15H26O4/c1-11(14(17)18)10-13(16)19-9-6-12-4-7-15(2,3)8-5-12/h11-12H,4-10H2,1-3H3,(H,17,18). The van der Waals surface area contributed by atoms with Crippen LogP contribution in [0.3, 0.4) is 0 Å². The van der Waals surface area contributed by atoms with Crippen LogP contribution >= 0.6 is 0 Å². The summed E-state index contributed by atoms with van der Waals surface area (Å²) < 4.78 is 5.12. The minimum absolute atomic E-state index is 0.0347. The molecule has 110 valence electrons. The van der Waals surface area contributed by atoms with Gasteiger partial charge in [0.25, 0.3) is 0 Å². The monoisotopic (exact) mass is 270 g/mol. The fourth-order valence-corrected chi connectivity index (χ4v) is 2.48. The van der Waals surface area contributed by atoms with Crippen LogP contribution < -0.4 is 0 Å². The molecule has 1 aliphatic carbocycles. The summed E-state index contributed by atoms with van der Waals surface area (Å²) in [6.45, 7) is 6.55. The maximum atomic E-state index is 11.4. The average Bonchev–Trinajstić information content (AvgIpc) is 2.31. The molecule has 0 heterocycles. The summed E-state index contributed by atoms with van der Waals surface area (Å²) in [6.07, 6.45) is 5.76. The van der Waals surface area contributed by atoms with Crippen LogP contribution in [-0.4, -0.2) is 23.7 Å². The van der Waals surface area contributed by atoms with Gasteiger partial charge in [-0.05, 0) is 43.4 Å². The minimum atomic E-state index is -0.952. The van der Waals surface area contributed by atoms with E-state index in [1.54, 1.807) is 0 Å². The Labute approximate surface area is 115 Å². The Kier molecular flexibility index (Phi) is 5.83. The number of carboxylic acids is 1. The van der Waals surface area contributed by atoms with Crippen LogP contribution in [0.4, 0.5) is 0 Å². The van der Waals surface area contributed by atoms with Crippen molar-refractivity contribution in [1.82, 2.24) is 0 Å². The van der Waals surface area contributed by atoms with Gasteiger partial charge in [0.2, 0.25) is 0 Å². The van der Waals surface area contributed by atoms with E-state index >= 15 is 0 Å². The molecule has 0 spiro atoms. The van der Waals surface area contributed by atoms with Crippen molar-refractivity contribution >= 4 is 11.9 Å². The normalized spacial score (nSPS) is 20.8. The largest absolute Gasteiger partial charge is 0.481 e. The highest BCUT2D eigenvalue weighted by Gasteiger charge is 2.26. The molecule has 1 N–H and O–H groups in total. The Morgan fingerprint density at radius 1 is 1.32 bits per heavy atom. The Balaban J connectivity index is 2.14. The Hall–Kier alpha value is -1.06. The van der Waals surface area contributed by atoms with E-state index in [4.69, 9.17) is 9.84 Å². The zero-order chi connectivity index (χ0) is 14.5. The van der Waals surface area contributed by atoms with Crippen molar-refractivity contribution in [2.24, 2.45) is 17.3 Å². The summed E-state index contributed by atoms with van der Waals surface area (Å²) in [7, 11) is 0. The van der Waals surface area contributed by atoms with Gasteiger partial charge < -0.3 is 9.84 Å². The van der Waals surface area contributed by atoms with E-state index in [9.17, 15) is 9.59 Å². The lowest BCUT2D eigenvalue weighted by molar-refractivity contribution is -0.151. The molecule has 1 rings (SSSR count). The molecule has 19 heavy (non-hydrogen) atoms. The first-order valence-electron chi connectivity index (χ1n) is 7.18. The maximum absolute atomic E-state index is 11.4. The molecule has 1 aliphatic rings. The fraction of sp³-hybridized carbons (Fsp3) is 0.867. The summed E-state index contributed by atoms with van der Waals surface area (Å²) in [4.78, 5) is 22.0. The van der Waals surface area contributed by atoms with Gasteiger partial charge in [0.05, 0.1) is 18.9 Å². The number of ether oxygens (including phenoxy) is 1. The van der Waals surface area contributed by atoms with Gasteiger partial charge in [0, 0.05) is 0 Å². The Morgan fingerprint density at radius 3 is 2.42 bits per heavy atom. The number of rotatable bonds is 6. The van der Waals surface area contributed by atoms with E-state index in [0.29, 0.717) is 17.9 Å². The SMILES string of the molecule is CC(CC(=O)OCCC1CCC(C)(C)CC1)C(=O)O. The zero-order valence-corrected chi connectivity index (χ0v) is 12.3. The second-order valence-corrected chi connectivity index (χ2v) is 6.56. The van der Waals surface area contributed by atoms with Crippen LogP contribution in [0.15, 0.2) is 0 Å². The van der Waals surface area contributed by atoms with Crippen molar-refractivity contribution in [2.45, 2.75) is 59.3 Å². The van der Waals surface area contributed by atoms with Gasteiger partial charge >= 0.3 is 11.9 Å². The highest BCUT2D eigenvalue weighted by atomic mass is 16.5. The lowest BCUT2D eigenvalue weighted by atomic mass is 9.72. The van der Waals surface area contributed by atoms with Crippen LogP contribution in [0.1, 0.15) is 59.3 Å². The molecular weight excluding hydrogens is 244 g/mol. The van der Waals surface area contributed by atoms with Gasteiger partial charge in [-0.3, -0.25) is 9.59 Å². The predicted octanol–water partition coefficient (Wildman–Crippen LogP) is 3.25. The lowest BCUT2D eigenvalue weighted by Crippen LogP contribution is -2.23. The van der Waals surface area contributed by atoms with Crippen molar-refractivity contribution in [1.29, 1.82) is 0 Å². The van der Waals surface area contributed by atoms with E-state index in [2.05, 4.69) is 13.8 Å². The Morgan fingerprint density at radius 2 is 1.89 bits per heavy atom. The first-order valence-corrected chi connectivity index (χ1v) is 7.18. The molecule has 4 nitrogen and oxygen atoms in total. The van der Waals surface area contributed by atoms with Crippen LogP contribution in [0.2, 0.25) is 0 Å². The third kappa shape index (κ3) is 6.08. The number of hydrogen-bond acceptors (Lipinski definition) is 3. The van der Waals surface area contributed by atoms with Crippen molar-refractivity contribution in [3.05, 3.63) is 0 Å². The van der Waals surface area contributed by atoms with E-state index in [1.165, 1.54) is 32.6 Å². The summed E-state index contributed by atoms with van der Waals surface area (Å²) in [5, 5.41) is 8.70. The van der Waals surface area contributed by atoms with Crippen molar-refractivity contribution in [2.75, 3.05) is 6.61 Å². The molecule has 1 fully saturated rings. The number of carbonyl (C=O) groups is 2. The predicted molar refractivity (Wildman–Crippen MR) is 72.7 cm³/mol. The molecule has 0 saturated heterocycles. The van der Waals surface area contributed by atoms with E-state index in [1.807, 2.05) is 0 Å². The number of aliphatic carboxylic acids is 1.